The van der Waals surface area contributed by atoms with Crippen LogP contribution >= 0.6 is 24.0 Å². The lowest BCUT2D eigenvalue weighted by Crippen LogP contribution is -2.51. The van der Waals surface area contributed by atoms with E-state index in [2.05, 4.69) is 4.72 Å². The predicted molar refractivity (Wildman–Crippen MR) is 79.2 cm³/mol. The van der Waals surface area contributed by atoms with E-state index in [1.807, 2.05) is 0 Å². The summed E-state index contributed by atoms with van der Waals surface area (Å²) in [5.74, 6) is -0.856. The number of hydrogen-bond acceptors (Lipinski definition) is 3. The largest absolute Gasteiger partial charge is 0.329 e. The number of rotatable bonds is 4. The van der Waals surface area contributed by atoms with Crippen LogP contribution in [0.2, 0.25) is 5.02 Å². The molecule has 0 aliphatic heterocycles. The minimum Gasteiger partial charge on any atom is -0.329 e. The predicted octanol–water partition coefficient (Wildman–Crippen LogP) is 2.45. The van der Waals surface area contributed by atoms with E-state index in [-0.39, 0.29) is 24.0 Å². The second-order valence-electron chi connectivity index (χ2n) is 4.85. The van der Waals surface area contributed by atoms with Gasteiger partial charge in [0.1, 0.15) is 10.7 Å². The highest BCUT2D eigenvalue weighted by atomic mass is 35.5. The van der Waals surface area contributed by atoms with Crippen molar-refractivity contribution in [2.24, 2.45) is 5.73 Å². The first-order valence-electron chi connectivity index (χ1n) is 6.08. The topological polar surface area (TPSA) is 72.2 Å². The van der Waals surface area contributed by atoms with Crippen molar-refractivity contribution in [2.75, 3.05) is 6.54 Å². The van der Waals surface area contributed by atoms with E-state index in [4.69, 9.17) is 17.3 Å². The van der Waals surface area contributed by atoms with Crippen molar-refractivity contribution >= 4 is 34.0 Å². The molecular formula is C12H17Cl2FN2O2S. The van der Waals surface area contributed by atoms with Crippen LogP contribution in [0, 0.1) is 5.82 Å². The van der Waals surface area contributed by atoms with Gasteiger partial charge in [0.05, 0.1) is 5.02 Å². The molecule has 1 saturated carbocycles. The minimum atomic E-state index is -4.01. The van der Waals surface area contributed by atoms with Gasteiger partial charge in [0.2, 0.25) is 10.0 Å². The molecule has 8 heteroatoms. The Balaban J connectivity index is 0.00000200. The van der Waals surface area contributed by atoms with E-state index >= 15 is 0 Å². The Bertz CT molecular complexity index is 555. The van der Waals surface area contributed by atoms with Gasteiger partial charge in [-0.1, -0.05) is 30.5 Å². The fourth-order valence-corrected chi connectivity index (χ4v) is 4.55. The molecule has 0 amide bonds. The van der Waals surface area contributed by atoms with Crippen LogP contribution in [0.4, 0.5) is 4.39 Å². The highest BCUT2D eigenvalue weighted by molar-refractivity contribution is 7.89. The van der Waals surface area contributed by atoms with Crippen molar-refractivity contribution in [1.82, 2.24) is 4.72 Å². The first-order chi connectivity index (χ1) is 8.90. The molecule has 3 N–H and O–H groups in total. The lowest BCUT2D eigenvalue weighted by Gasteiger charge is -2.28. The first kappa shape index (κ1) is 17.7. The molecule has 0 radical (unpaired) electrons. The Morgan fingerprint density at radius 1 is 1.35 bits per heavy atom. The van der Waals surface area contributed by atoms with E-state index < -0.39 is 26.3 Å². The van der Waals surface area contributed by atoms with Gasteiger partial charge in [-0.05, 0) is 25.0 Å². The summed E-state index contributed by atoms with van der Waals surface area (Å²) >= 11 is 5.80. The third-order valence-corrected chi connectivity index (χ3v) is 5.57. The average molecular weight is 343 g/mol. The maximum Gasteiger partial charge on any atom is 0.245 e. The highest BCUT2D eigenvalue weighted by Gasteiger charge is 2.38. The summed E-state index contributed by atoms with van der Waals surface area (Å²) < 4.78 is 40.9. The summed E-state index contributed by atoms with van der Waals surface area (Å²) in [6.07, 6.45) is 3.14. The average Bonchev–Trinajstić information content (AvgIpc) is 2.77. The van der Waals surface area contributed by atoms with Crippen molar-refractivity contribution in [3.05, 3.63) is 29.0 Å². The van der Waals surface area contributed by atoms with Crippen molar-refractivity contribution < 1.29 is 12.8 Å². The van der Waals surface area contributed by atoms with Gasteiger partial charge >= 0.3 is 0 Å². The van der Waals surface area contributed by atoms with Gasteiger partial charge < -0.3 is 5.73 Å². The zero-order valence-electron chi connectivity index (χ0n) is 10.7. The monoisotopic (exact) mass is 342 g/mol. The molecule has 4 nitrogen and oxygen atoms in total. The third kappa shape index (κ3) is 3.43. The second kappa shape index (κ2) is 6.58. The summed E-state index contributed by atoms with van der Waals surface area (Å²) in [5, 5.41) is -0.127. The van der Waals surface area contributed by atoms with E-state index in [0.717, 1.165) is 18.9 Å². The van der Waals surface area contributed by atoms with Crippen LogP contribution in [0.1, 0.15) is 25.7 Å². The molecular weight excluding hydrogens is 326 g/mol. The van der Waals surface area contributed by atoms with E-state index in [0.29, 0.717) is 12.8 Å². The summed E-state index contributed by atoms with van der Waals surface area (Å²) in [6, 6.07) is 3.79. The van der Waals surface area contributed by atoms with Gasteiger partial charge in [-0.3, -0.25) is 0 Å². The number of nitrogens with two attached hydrogens (primary N) is 1. The standard InChI is InChI=1S/C12H16ClFN2O2S.ClH/c13-9-4-3-5-10(14)11(9)19(17,18)16-12(8-15)6-1-2-7-12;/h3-5,16H,1-2,6-8,15H2;1H. The van der Waals surface area contributed by atoms with Crippen LogP contribution in [0.15, 0.2) is 23.1 Å². The van der Waals surface area contributed by atoms with Crippen molar-refractivity contribution in [3.8, 4) is 0 Å². The molecule has 1 aromatic rings. The molecule has 0 unspecified atom stereocenters. The molecule has 1 fully saturated rings. The first-order valence-corrected chi connectivity index (χ1v) is 7.94. The number of halogens is 3. The van der Waals surface area contributed by atoms with E-state index in [1.54, 1.807) is 0 Å². The normalized spacial score (nSPS) is 17.8. The summed E-state index contributed by atoms with van der Waals surface area (Å²) in [7, 11) is -4.01. The Morgan fingerprint density at radius 2 is 1.95 bits per heavy atom. The summed E-state index contributed by atoms with van der Waals surface area (Å²) in [5.41, 5.74) is 5.00. The fraction of sp³-hybridized carbons (Fsp3) is 0.500. The molecule has 114 valence electrons. The van der Waals surface area contributed by atoms with Gasteiger partial charge in [-0.2, -0.15) is 0 Å². The van der Waals surface area contributed by atoms with Gasteiger partial charge in [0, 0.05) is 12.1 Å². The van der Waals surface area contributed by atoms with Gasteiger partial charge in [0.15, 0.2) is 0 Å². The van der Waals surface area contributed by atoms with Crippen LogP contribution in [0.25, 0.3) is 0 Å². The molecule has 0 bridgehead atoms. The van der Waals surface area contributed by atoms with Crippen molar-refractivity contribution in [2.45, 2.75) is 36.1 Å². The lowest BCUT2D eigenvalue weighted by atomic mass is 10.0. The van der Waals surface area contributed by atoms with Crippen molar-refractivity contribution in [1.29, 1.82) is 0 Å². The van der Waals surface area contributed by atoms with Crippen molar-refractivity contribution in [3.63, 3.8) is 0 Å². The summed E-state index contributed by atoms with van der Waals surface area (Å²) in [6.45, 7) is 0.193. The molecule has 0 heterocycles. The fourth-order valence-electron chi connectivity index (χ4n) is 2.47. The maximum atomic E-state index is 13.7. The molecule has 0 saturated heterocycles. The number of sulfonamides is 1. The number of hydrogen-bond donors (Lipinski definition) is 2. The van der Waals surface area contributed by atoms with Crippen LogP contribution < -0.4 is 10.5 Å². The highest BCUT2D eigenvalue weighted by Crippen LogP contribution is 2.32. The molecule has 0 atom stereocenters. The molecule has 1 aliphatic carbocycles. The summed E-state index contributed by atoms with van der Waals surface area (Å²) in [4.78, 5) is -0.503. The van der Waals surface area contributed by atoms with Crippen LogP contribution in [0.5, 0.6) is 0 Å². The zero-order valence-corrected chi connectivity index (χ0v) is 13.1. The third-order valence-electron chi connectivity index (χ3n) is 3.49. The lowest BCUT2D eigenvalue weighted by molar-refractivity contribution is 0.398. The Morgan fingerprint density at radius 3 is 2.45 bits per heavy atom. The van der Waals surface area contributed by atoms with Crippen LogP contribution in [-0.2, 0) is 10.0 Å². The van der Waals surface area contributed by atoms with E-state index in [9.17, 15) is 12.8 Å². The smallest absolute Gasteiger partial charge is 0.245 e. The van der Waals surface area contributed by atoms with Gasteiger partial charge in [-0.25, -0.2) is 17.5 Å². The number of benzene rings is 1. The minimum absolute atomic E-state index is 0. The molecule has 20 heavy (non-hydrogen) atoms. The molecule has 2 rings (SSSR count). The SMILES string of the molecule is Cl.NCC1(NS(=O)(=O)c2c(F)cccc2Cl)CCCC1. The van der Waals surface area contributed by atoms with E-state index in [1.165, 1.54) is 12.1 Å². The number of nitrogens with one attached hydrogen (secondary N) is 1. The molecule has 0 aromatic heterocycles. The van der Waals surface area contributed by atoms with Gasteiger partial charge in [-0.15, -0.1) is 12.4 Å². The second-order valence-corrected chi connectivity index (χ2v) is 6.87. The molecule has 0 spiro atoms. The zero-order chi connectivity index (χ0) is 14.1. The Labute approximate surface area is 129 Å². The van der Waals surface area contributed by atoms with Crippen LogP contribution in [0.3, 0.4) is 0 Å². The molecule has 1 aliphatic rings. The van der Waals surface area contributed by atoms with Gasteiger partial charge in [0.25, 0.3) is 0 Å². The van der Waals surface area contributed by atoms with Crippen LogP contribution in [-0.4, -0.2) is 20.5 Å². The maximum absolute atomic E-state index is 13.7. The molecule has 1 aromatic carbocycles. The Kier molecular flexibility index (Phi) is 5.80. The Hall–Kier alpha value is -0.400. The quantitative estimate of drug-likeness (QED) is 0.882.